The van der Waals surface area contributed by atoms with Gasteiger partial charge in [0.25, 0.3) is 0 Å². The van der Waals surface area contributed by atoms with Crippen LogP contribution in [0.5, 0.6) is 11.5 Å². The number of hydrogen-bond donors (Lipinski definition) is 1. The third-order valence-corrected chi connectivity index (χ3v) is 1.73. The van der Waals surface area contributed by atoms with E-state index in [1.54, 1.807) is 13.0 Å². The van der Waals surface area contributed by atoms with Crippen molar-refractivity contribution >= 4 is 5.97 Å². The Morgan fingerprint density at radius 1 is 1.47 bits per heavy atom. The molecule has 4 nitrogen and oxygen atoms in total. The zero-order valence-corrected chi connectivity index (χ0v) is 8.56. The molecular weight excluding hydrogens is 196 g/mol. The highest BCUT2D eigenvalue weighted by molar-refractivity contribution is 5.90. The van der Waals surface area contributed by atoms with Gasteiger partial charge in [-0.25, -0.2) is 4.79 Å². The monoisotopic (exact) mass is 208 g/mol. The first-order valence-electron chi connectivity index (χ1n) is 4.38. The molecule has 0 aliphatic heterocycles. The van der Waals surface area contributed by atoms with Gasteiger partial charge in [0.05, 0.1) is 18.9 Å². The zero-order valence-electron chi connectivity index (χ0n) is 8.56. The lowest BCUT2D eigenvalue weighted by Gasteiger charge is -2.04. The highest BCUT2D eigenvalue weighted by atomic mass is 16.5. The fourth-order valence-electron chi connectivity index (χ4n) is 1.00. The van der Waals surface area contributed by atoms with Crippen molar-refractivity contribution in [2.24, 2.45) is 0 Å². The molecule has 0 saturated carbocycles. The van der Waals surface area contributed by atoms with Crippen LogP contribution >= 0.6 is 0 Å². The standard InChI is InChI=1S/C11H12O4/c1-3-6-15-11(13)8-4-5-9(12)10(7-8)14-2/h3-7,12H,1-2H3/b6-3+. The Morgan fingerprint density at radius 2 is 2.20 bits per heavy atom. The minimum absolute atomic E-state index is 0.0138. The number of rotatable bonds is 3. The number of esters is 1. The highest BCUT2D eigenvalue weighted by Gasteiger charge is 2.09. The Labute approximate surface area is 87.7 Å². The molecule has 4 heteroatoms. The first kappa shape index (κ1) is 11.1. The van der Waals surface area contributed by atoms with Crippen LogP contribution in [0.3, 0.4) is 0 Å². The first-order chi connectivity index (χ1) is 7.19. The molecule has 0 atom stereocenters. The zero-order chi connectivity index (χ0) is 11.3. The van der Waals surface area contributed by atoms with Crippen LogP contribution in [0.25, 0.3) is 0 Å². The number of methoxy groups -OCH3 is 1. The summed E-state index contributed by atoms with van der Waals surface area (Å²) in [5.74, 6) is -0.267. The average Bonchev–Trinajstić information content (AvgIpc) is 2.26. The molecule has 80 valence electrons. The van der Waals surface area contributed by atoms with Crippen molar-refractivity contribution in [3.05, 3.63) is 36.1 Å². The summed E-state index contributed by atoms with van der Waals surface area (Å²) in [4.78, 5) is 11.4. The number of carbonyl (C=O) groups excluding carboxylic acids is 1. The molecule has 1 rings (SSSR count). The van der Waals surface area contributed by atoms with Crippen LogP contribution in [-0.4, -0.2) is 18.2 Å². The number of aromatic hydroxyl groups is 1. The molecule has 0 spiro atoms. The molecule has 0 fully saturated rings. The van der Waals surface area contributed by atoms with Gasteiger partial charge in [0, 0.05) is 0 Å². The van der Waals surface area contributed by atoms with Crippen molar-refractivity contribution in [2.45, 2.75) is 6.92 Å². The van der Waals surface area contributed by atoms with Gasteiger partial charge in [0.2, 0.25) is 0 Å². The predicted molar refractivity (Wildman–Crippen MR) is 54.9 cm³/mol. The molecule has 0 amide bonds. The van der Waals surface area contributed by atoms with E-state index in [1.807, 2.05) is 0 Å². The Bertz CT molecular complexity index is 382. The summed E-state index contributed by atoms with van der Waals surface area (Å²) in [6.45, 7) is 1.74. The number of phenolic OH excluding ortho intramolecular Hbond substituents is 1. The van der Waals surface area contributed by atoms with E-state index < -0.39 is 5.97 Å². The molecule has 15 heavy (non-hydrogen) atoms. The average molecular weight is 208 g/mol. The Hall–Kier alpha value is -1.97. The highest BCUT2D eigenvalue weighted by Crippen LogP contribution is 2.26. The molecule has 0 bridgehead atoms. The van der Waals surface area contributed by atoms with Crippen molar-refractivity contribution in [1.82, 2.24) is 0 Å². The number of phenols is 1. The largest absolute Gasteiger partial charge is 0.504 e. The molecular formula is C11H12O4. The van der Waals surface area contributed by atoms with Crippen LogP contribution < -0.4 is 4.74 Å². The smallest absolute Gasteiger partial charge is 0.343 e. The molecule has 0 aromatic heterocycles. The topological polar surface area (TPSA) is 55.8 Å². The van der Waals surface area contributed by atoms with Gasteiger partial charge in [0.15, 0.2) is 11.5 Å². The van der Waals surface area contributed by atoms with E-state index in [1.165, 1.54) is 31.6 Å². The second-order valence-corrected chi connectivity index (χ2v) is 2.76. The second kappa shape index (κ2) is 5.05. The first-order valence-corrected chi connectivity index (χ1v) is 4.38. The van der Waals surface area contributed by atoms with Crippen molar-refractivity contribution < 1.29 is 19.4 Å². The molecule has 0 aliphatic carbocycles. The molecule has 0 saturated heterocycles. The fraction of sp³-hybridized carbons (Fsp3) is 0.182. The molecule has 0 aliphatic rings. The molecule has 0 radical (unpaired) electrons. The molecule has 0 heterocycles. The van der Waals surface area contributed by atoms with E-state index in [-0.39, 0.29) is 11.5 Å². The predicted octanol–water partition coefficient (Wildman–Crippen LogP) is 2.09. The summed E-state index contributed by atoms with van der Waals surface area (Å²) in [5, 5.41) is 9.30. The fourth-order valence-corrected chi connectivity index (χ4v) is 1.00. The van der Waals surface area contributed by atoms with Crippen LogP contribution in [0.15, 0.2) is 30.5 Å². The summed E-state index contributed by atoms with van der Waals surface area (Å²) >= 11 is 0. The number of ether oxygens (including phenoxy) is 2. The van der Waals surface area contributed by atoms with Gasteiger partial charge < -0.3 is 14.6 Å². The van der Waals surface area contributed by atoms with Gasteiger partial charge in [-0.05, 0) is 25.1 Å². The third kappa shape index (κ3) is 2.74. The maximum absolute atomic E-state index is 11.4. The van der Waals surface area contributed by atoms with Crippen LogP contribution in [0, 0.1) is 0 Å². The van der Waals surface area contributed by atoms with Crippen LogP contribution in [0.2, 0.25) is 0 Å². The number of hydrogen-bond acceptors (Lipinski definition) is 4. The number of benzene rings is 1. The molecule has 1 aromatic carbocycles. The molecule has 0 unspecified atom stereocenters. The maximum atomic E-state index is 11.4. The molecule has 1 aromatic rings. The van der Waals surface area contributed by atoms with E-state index in [0.29, 0.717) is 5.56 Å². The maximum Gasteiger partial charge on any atom is 0.343 e. The lowest BCUT2D eigenvalue weighted by molar-refractivity contribution is 0.0662. The second-order valence-electron chi connectivity index (χ2n) is 2.76. The number of carbonyl (C=O) groups is 1. The van der Waals surface area contributed by atoms with Crippen molar-refractivity contribution in [3.8, 4) is 11.5 Å². The van der Waals surface area contributed by atoms with Gasteiger partial charge in [-0.3, -0.25) is 0 Å². The van der Waals surface area contributed by atoms with Crippen LogP contribution in [-0.2, 0) is 4.74 Å². The van der Waals surface area contributed by atoms with Gasteiger partial charge in [-0.2, -0.15) is 0 Å². The van der Waals surface area contributed by atoms with Gasteiger partial charge in [-0.1, -0.05) is 6.08 Å². The van der Waals surface area contributed by atoms with Gasteiger partial charge in [-0.15, -0.1) is 0 Å². The van der Waals surface area contributed by atoms with E-state index in [4.69, 9.17) is 9.47 Å². The summed E-state index contributed by atoms with van der Waals surface area (Å²) < 4.78 is 9.62. The molecule has 1 N–H and O–H groups in total. The lowest BCUT2D eigenvalue weighted by Crippen LogP contribution is -2.00. The van der Waals surface area contributed by atoms with E-state index in [9.17, 15) is 9.90 Å². The third-order valence-electron chi connectivity index (χ3n) is 1.73. The Morgan fingerprint density at radius 3 is 2.80 bits per heavy atom. The Kier molecular flexibility index (Phi) is 3.74. The van der Waals surface area contributed by atoms with Crippen molar-refractivity contribution in [1.29, 1.82) is 0 Å². The van der Waals surface area contributed by atoms with E-state index >= 15 is 0 Å². The number of allylic oxidation sites excluding steroid dienone is 1. The van der Waals surface area contributed by atoms with Crippen molar-refractivity contribution in [3.63, 3.8) is 0 Å². The minimum Gasteiger partial charge on any atom is -0.504 e. The van der Waals surface area contributed by atoms with Crippen LogP contribution in [0.1, 0.15) is 17.3 Å². The van der Waals surface area contributed by atoms with Gasteiger partial charge >= 0.3 is 5.97 Å². The lowest BCUT2D eigenvalue weighted by atomic mass is 10.2. The summed E-state index contributed by atoms with van der Waals surface area (Å²) in [7, 11) is 1.41. The van der Waals surface area contributed by atoms with E-state index in [0.717, 1.165) is 0 Å². The SMILES string of the molecule is C/C=C/OC(=O)c1ccc(O)c(OC)c1. The van der Waals surface area contributed by atoms with Crippen molar-refractivity contribution in [2.75, 3.05) is 7.11 Å². The summed E-state index contributed by atoms with van der Waals surface area (Å²) in [6, 6.07) is 4.26. The quantitative estimate of drug-likeness (QED) is 0.610. The van der Waals surface area contributed by atoms with Gasteiger partial charge in [0.1, 0.15) is 0 Å². The van der Waals surface area contributed by atoms with Crippen LogP contribution in [0.4, 0.5) is 0 Å². The minimum atomic E-state index is -0.494. The normalized spacial score (nSPS) is 10.3. The Balaban J connectivity index is 2.90. The summed E-state index contributed by atoms with van der Waals surface area (Å²) in [5.41, 5.74) is 0.322. The van der Waals surface area contributed by atoms with E-state index in [2.05, 4.69) is 0 Å². The summed E-state index contributed by atoms with van der Waals surface area (Å²) in [6.07, 6.45) is 2.90.